The van der Waals surface area contributed by atoms with Gasteiger partial charge in [-0.2, -0.15) is 0 Å². The van der Waals surface area contributed by atoms with Gasteiger partial charge in [0.25, 0.3) is 0 Å². The topological polar surface area (TPSA) is 27.1 Å². The number of fused-ring (bicyclic) bond motifs is 1. The molecule has 0 N–H and O–H groups in total. The smallest absolute Gasteiger partial charge is 0.141 e. The lowest BCUT2D eigenvalue weighted by Crippen LogP contribution is -2.21. The molecule has 4 heteroatoms. The molecule has 1 saturated heterocycles. The second-order valence-electron chi connectivity index (χ2n) is 6.13. The van der Waals surface area contributed by atoms with Gasteiger partial charge in [-0.3, -0.25) is 0 Å². The molecule has 0 spiro atoms. The molecule has 1 atom stereocenters. The lowest BCUT2D eigenvalue weighted by atomic mass is 10.1. The van der Waals surface area contributed by atoms with E-state index in [0.717, 1.165) is 48.4 Å². The van der Waals surface area contributed by atoms with Gasteiger partial charge in [-0.25, -0.2) is 4.98 Å². The van der Waals surface area contributed by atoms with Crippen molar-refractivity contribution in [3.8, 4) is 11.4 Å². The summed E-state index contributed by atoms with van der Waals surface area (Å²) in [6.07, 6.45) is 5.99. The van der Waals surface area contributed by atoms with E-state index in [9.17, 15) is 0 Å². The van der Waals surface area contributed by atoms with Gasteiger partial charge < -0.3 is 9.30 Å². The Labute approximate surface area is 136 Å². The number of aromatic nitrogens is 2. The first-order chi connectivity index (χ1) is 10.8. The predicted molar refractivity (Wildman–Crippen MR) is 89.5 cm³/mol. The van der Waals surface area contributed by atoms with Gasteiger partial charge in [-0.15, -0.1) is 0 Å². The molecule has 22 heavy (non-hydrogen) atoms. The molecule has 0 saturated carbocycles. The van der Waals surface area contributed by atoms with Crippen LogP contribution in [0.3, 0.4) is 0 Å². The molecule has 1 aromatic carbocycles. The van der Waals surface area contributed by atoms with Gasteiger partial charge >= 0.3 is 0 Å². The largest absolute Gasteiger partial charge is 0.376 e. The van der Waals surface area contributed by atoms with Gasteiger partial charge in [0, 0.05) is 23.4 Å². The van der Waals surface area contributed by atoms with E-state index in [-0.39, 0.29) is 0 Å². The Hall–Kier alpha value is -1.52. The van der Waals surface area contributed by atoms with Crippen LogP contribution in [-0.2, 0) is 24.1 Å². The molecule has 1 aliphatic carbocycles. The fourth-order valence-corrected chi connectivity index (χ4v) is 3.91. The van der Waals surface area contributed by atoms with Crippen LogP contribution in [0, 0.1) is 4.64 Å². The Morgan fingerprint density at radius 3 is 2.82 bits per heavy atom. The van der Waals surface area contributed by atoms with Crippen molar-refractivity contribution in [3.05, 3.63) is 46.2 Å². The highest BCUT2D eigenvalue weighted by Crippen LogP contribution is 2.29. The zero-order valence-electron chi connectivity index (χ0n) is 12.6. The molecule has 0 amide bonds. The molecule has 2 heterocycles. The Balaban J connectivity index is 1.85. The SMILES string of the molecule is S=c1nc(-c2ccccc2)n(C[C@H]2CCCO2)c2c1CCC2. The highest BCUT2D eigenvalue weighted by molar-refractivity contribution is 7.71. The first-order valence-corrected chi connectivity index (χ1v) is 8.53. The fourth-order valence-electron chi connectivity index (χ4n) is 3.60. The minimum absolute atomic E-state index is 0.315. The molecule has 3 nitrogen and oxygen atoms in total. The van der Waals surface area contributed by atoms with Gasteiger partial charge in [0.05, 0.1) is 12.6 Å². The van der Waals surface area contributed by atoms with Crippen LogP contribution in [0.4, 0.5) is 0 Å². The van der Waals surface area contributed by atoms with Crippen molar-refractivity contribution in [1.82, 2.24) is 9.55 Å². The van der Waals surface area contributed by atoms with Gasteiger partial charge in [0.15, 0.2) is 0 Å². The minimum atomic E-state index is 0.315. The van der Waals surface area contributed by atoms with Crippen LogP contribution in [0.1, 0.15) is 30.5 Å². The summed E-state index contributed by atoms with van der Waals surface area (Å²) in [4.78, 5) is 4.78. The molecule has 1 fully saturated rings. The first kappa shape index (κ1) is 14.1. The molecular weight excluding hydrogens is 292 g/mol. The van der Waals surface area contributed by atoms with E-state index in [1.165, 1.54) is 24.1 Å². The summed E-state index contributed by atoms with van der Waals surface area (Å²) in [5.41, 5.74) is 3.81. The van der Waals surface area contributed by atoms with Gasteiger partial charge in [0.1, 0.15) is 10.5 Å². The Morgan fingerprint density at radius 2 is 2.05 bits per heavy atom. The van der Waals surface area contributed by atoms with Crippen LogP contribution in [0.25, 0.3) is 11.4 Å². The van der Waals surface area contributed by atoms with E-state index in [1.807, 2.05) is 6.07 Å². The molecule has 0 bridgehead atoms. The average molecular weight is 312 g/mol. The molecule has 1 aliphatic heterocycles. The minimum Gasteiger partial charge on any atom is -0.376 e. The zero-order chi connectivity index (χ0) is 14.9. The van der Waals surface area contributed by atoms with Crippen LogP contribution in [0.5, 0.6) is 0 Å². The standard InChI is InChI=1S/C18H20N2OS/c22-18-15-9-4-10-16(15)20(12-14-8-5-11-21-14)17(19-18)13-6-2-1-3-7-13/h1-3,6-7,14H,4-5,8-12H2/t14-/m1/s1. The second-order valence-corrected chi connectivity index (χ2v) is 6.52. The van der Waals surface area contributed by atoms with Crippen LogP contribution >= 0.6 is 12.2 Å². The van der Waals surface area contributed by atoms with Crippen molar-refractivity contribution in [1.29, 1.82) is 0 Å². The van der Waals surface area contributed by atoms with Crippen molar-refractivity contribution in [3.63, 3.8) is 0 Å². The fraction of sp³-hybridized carbons (Fsp3) is 0.444. The Morgan fingerprint density at radius 1 is 1.18 bits per heavy atom. The van der Waals surface area contributed by atoms with Crippen LogP contribution < -0.4 is 0 Å². The van der Waals surface area contributed by atoms with Crippen LogP contribution in [-0.4, -0.2) is 22.3 Å². The van der Waals surface area contributed by atoms with Crippen molar-refractivity contribution in [2.24, 2.45) is 0 Å². The lowest BCUT2D eigenvalue weighted by molar-refractivity contribution is 0.0964. The van der Waals surface area contributed by atoms with Crippen molar-refractivity contribution >= 4 is 12.2 Å². The normalized spacial score (nSPS) is 20.3. The monoisotopic (exact) mass is 312 g/mol. The molecule has 0 radical (unpaired) electrons. The molecule has 2 aliphatic rings. The highest BCUT2D eigenvalue weighted by Gasteiger charge is 2.24. The Bertz CT molecular complexity index is 733. The Kier molecular flexibility index (Phi) is 3.80. The quantitative estimate of drug-likeness (QED) is 0.803. The maximum atomic E-state index is 5.86. The number of benzene rings is 1. The summed E-state index contributed by atoms with van der Waals surface area (Å²) < 4.78 is 9.03. The summed E-state index contributed by atoms with van der Waals surface area (Å²) in [5.74, 6) is 1.00. The van der Waals surface area contributed by atoms with Crippen LogP contribution in [0.2, 0.25) is 0 Å². The maximum absolute atomic E-state index is 5.86. The van der Waals surface area contributed by atoms with Crippen LogP contribution in [0.15, 0.2) is 30.3 Å². The summed E-state index contributed by atoms with van der Waals surface area (Å²) in [6, 6.07) is 10.4. The first-order valence-electron chi connectivity index (χ1n) is 8.12. The van der Waals surface area contributed by atoms with Gasteiger partial charge in [-0.05, 0) is 32.1 Å². The molecule has 114 valence electrons. The van der Waals surface area contributed by atoms with E-state index in [4.69, 9.17) is 21.9 Å². The van der Waals surface area contributed by atoms with Gasteiger partial charge in [0.2, 0.25) is 0 Å². The molecular formula is C18H20N2OS. The zero-order valence-corrected chi connectivity index (χ0v) is 13.4. The second kappa shape index (κ2) is 5.94. The van der Waals surface area contributed by atoms with E-state index in [0.29, 0.717) is 6.10 Å². The third-order valence-electron chi connectivity index (χ3n) is 4.68. The number of ether oxygens (including phenoxy) is 1. The molecule has 0 unspecified atom stereocenters. The molecule has 4 rings (SSSR count). The summed E-state index contributed by atoms with van der Waals surface area (Å²) in [7, 11) is 0. The van der Waals surface area contributed by atoms with E-state index < -0.39 is 0 Å². The molecule has 1 aromatic heterocycles. The highest BCUT2D eigenvalue weighted by atomic mass is 32.1. The molecule has 2 aromatic rings. The van der Waals surface area contributed by atoms with Crippen molar-refractivity contribution in [2.75, 3.05) is 6.61 Å². The van der Waals surface area contributed by atoms with Crippen molar-refractivity contribution in [2.45, 2.75) is 44.8 Å². The number of rotatable bonds is 3. The predicted octanol–water partition coefficient (Wildman–Crippen LogP) is 3.95. The number of hydrogen-bond acceptors (Lipinski definition) is 3. The average Bonchev–Trinajstić information content (AvgIpc) is 3.22. The summed E-state index contributed by atoms with van der Waals surface area (Å²) in [5, 5.41) is 0. The summed E-state index contributed by atoms with van der Waals surface area (Å²) >= 11 is 5.55. The number of hydrogen-bond donors (Lipinski definition) is 0. The van der Waals surface area contributed by atoms with Gasteiger partial charge in [-0.1, -0.05) is 42.5 Å². The number of nitrogens with zero attached hydrogens (tertiary/aromatic N) is 2. The van der Waals surface area contributed by atoms with Crippen molar-refractivity contribution < 1.29 is 4.74 Å². The summed E-state index contributed by atoms with van der Waals surface area (Å²) in [6.45, 7) is 1.79. The maximum Gasteiger partial charge on any atom is 0.141 e. The third-order valence-corrected chi connectivity index (χ3v) is 5.02. The van der Waals surface area contributed by atoms with E-state index in [1.54, 1.807) is 0 Å². The van der Waals surface area contributed by atoms with E-state index >= 15 is 0 Å². The van der Waals surface area contributed by atoms with E-state index in [2.05, 4.69) is 28.8 Å². The third kappa shape index (κ3) is 2.50. The lowest BCUT2D eigenvalue weighted by Gasteiger charge is -2.21.